The molecule has 2 heterocycles. The van der Waals surface area contributed by atoms with Gasteiger partial charge in [-0.15, -0.1) is 0 Å². The zero-order valence-electron chi connectivity index (χ0n) is 9.09. The van der Waals surface area contributed by atoms with Crippen LogP contribution in [0.3, 0.4) is 0 Å². The molecule has 1 radical (unpaired) electrons. The second-order valence-corrected chi connectivity index (χ2v) is 3.56. The normalized spacial score (nSPS) is 11.8. The van der Waals surface area contributed by atoms with Gasteiger partial charge in [-0.2, -0.15) is 13.2 Å². The van der Waals surface area contributed by atoms with Crippen molar-refractivity contribution in [2.45, 2.75) is 20.0 Å². The Morgan fingerprint density at radius 3 is 2.59 bits per heavy atom. The van der Waals surface area contributed by atoms with E-state index in [0.717, 1.165) is 0 Å². The fourth-order valence-corrected chi connectivity index (χ4v) is 1.31. The smallest absolute Gasteiger partial charge is 0.436 e. The second-order valence-electron chi connectivity index (χ2n) is 3.56. The Hall–Kier alpha value is -1.85. The fourth-order valence-electron chi connectivity index (χ4n) is 1.31. The van der Waals surface area contributed by atoms with Gasteiger partial charge in [0.15, 0.2) is 5.69 Å². The van der Waals surface area contributed by atoms with E-state index >= 15 is 0 Å². The summed E-state index contributed by atoms with van der Waals surface area (Å²) in [6, 6.07) is 2.82. The molecule has 0 atom stereocenters. The van der Waals surface area contributed by atoms with Crippen molar-refractivity contribution in [3.63, 3.8) is 0 Å². The van der Waals surface area contributed by atoms with Crippen molar-refractivity contribution in [3.05, 3.63) is 35.5 Å². The van der Waals surface area contributed by atoms with Gasteiger partial charge in [-0.05, 0) is 19.4 Å². The molecular weight excluding hydrogens is 233 g/mol. The molecule has 0 saturated heterocycles. The van der Waals surface area contributed by atoms with E-state index in [1.165, 1.54) is 0 Å². The number of pyridine rings is 1. The van der Waals surface area contributed by atoms with Crippen molar-refractivity contribution in [3.8, 4) is 11.5 Å². The van der Waals surface area contributed by atoms with E-state index in [1.54, 1.807) is 20.0 Å². The standard InChI is InChI=1S/C11H8F3N2O/c1-6-4-15-7(2)3-8(6)10-16-9(5-17-10)11(12,13)14/h4-5H,1-2H3. The summed E-state index contributed by atoms with van der Waals surface area (Å²) in [5, 5.41) is 0. The molecule has 0 aliphatic heterocycles. The van der Waals surface area contributed by atoms with Crippen LogP contribution in [-0.2, 0) is 6.18 Å². The highest BCUT2D eigenvalue weighted by Gasteiger charge is 2.35. The third-order valence-corrected chi connectivity index (χ3v) is 2.16. The number of rotatable bonds is 1. The first-order valence-corrected chi connectivity index (χ1v) is 4.76. The number of hydrogen-bond donors (Lipinski definition) is 0. The molecule has 0 amide bonds. The summed E-state index contributed by atoms with van der Waals surface area (Å²) in [6.07, 6.45) is -2.37. The maximum atomic E-state index is 12.4. The fraction of sp³-hybridized carbons (Fsp3) is 0.273. The predicted octanol–water partition coefficient (Wildman–Crippen LogP) is 3.17. The van der Waals surface area contributed by atoms with E-state index < -0.39 is 11.9 Å². The molecule has 3 nitrogen and oxygen atoms in total. The minimum absolute atomic E-state index is 0.0969. The van der Waals surface area contributed by atoms with Gasteiger partial charge in [0, 0.05) is 18.0 Å². The minimum atomic E-state index is -4.50. The molecule has 0 saturated carbocycles. The molecule has 17 heavy (non-hydrogen) atoms. The zero-order valence-corrected chi connectivity index (χ0v) is 9.09. The highest BCUT2D eigenvalue weighted by atomic mass is 19.4. The second kappa shape index (κ2) is 3.87. The molecular formula is C11H8F3N2O. The first-order valence-electron chi connectivity index (χ1n) is 4.76. The van der Waals surface area contributed by atoms with Crippen LogP contribution in [0, 0.1) is 19.9 Å². The van der Waals surface area contributed by atoms with Crippen LogP contribution >= 0.6 is 0 Å². The highest BCUT2D eigenvalue weighted by molar-refractivity contribution is 5.57. The van der Waals surface area contributed by atoms with E-state index in [-0.39, 0.29) is 5.89 Å². The average Bonchev–Trinajstić information content (AvgIpc) is 2.70. The topological polar surface area (TPSA) is 38.9 Å². The Morgan fingerprint density at radius 1 is 1.29 bits per heavy atom. The van der Waals surface area contributed by atoms with Crippen LogP contribution in [-0.4, -0.2) is 9.97 Å². The maximum Gasteiger partial charge on any atom is 0.436 e. The third kappa shape index (κ3) is 2.30. The van der Waals surface area contributed by atoms with E-state index in [4.69, 9.17) is 4.42 Å². The molecule has 0 aromatic carbocycles. The van der Waals surface area contributed by atoms with Gasteiger partial charge in [0.05, 0.1) is 5.56 Å². The Kier molecular flexibility index (Phi) is 2.65. The van der Waals surface area contributed by atoms with Crippen LogP contribution in [0.1, 0.15) is 17.0 Å². The van der Waals surface area contributed by atoms with Crippen molar-refractivity contribution in [1.82, 2.24) is 9.97 Å². The number of nitrogens with zero attached hydrogens (tertiary/aromatic N) is 2. The molecule has 2 aromatic rings. The molecule has 0 bridgehead atoms. The molecule has 2 rings (SSSR count). The zero-order chi connectivity index (χ0) is 12.6. The van der Waals surface area contributed by atoms with Gasteiger partial charge in [0.2, 0.25) is 5.89 Å². The summed E-state index contributed by atoms with van der Waals surface area (Å²) in [4.78, 5) is 7.38. The summed E-state index contributed by atoms with van der Waals surface area (Å²) in [6.45, 7) is 3.40. The molecule has 89 valence electrons. The molecule has 0 fully saturated rings. The molecule has 6 heteroatoms. The lowest BCUT2D eigenvalue weighted by Crippen LogP contribution is -2.04. The first kappa shape index (κ1) is 11.6. The molecule has 0 N–H and O–H groups in total. The van der Waals surface area contributed by atoms with Crippen LogP contribution in [0.15, 0.2) is 16.9 Å². The highest BCUT2D eigenvalue weighted by Crippen LogP contribution is 2.31. The van der Waals surface area contributed by atoms with Gasteiger partial charge in [0.1, 0.15) is 6.26 Å². The first-order chi connectivity index (χ1) is 7.88. The van der Waals surface area contributed by atoms with Crippen molar-refractivity contribution in [1.29, 1.82) is 0 Å². The molecule has 0 aliphatic carbocycles. The average molecular weight is 241 g/mol. The lowest BCUT2D eigenvalue weighted by atomic mass is 10.1. The molecule has 0 unspecified atom stereocenters. The Balaban J connectivity index is 2.47. The molecule has 0 spiro atoms. The predicted molar refractivity (Wildman–Crippen MR) is 53.0 cm³/mol. The van der Waals surface area contributed by atoms with Crippen molar-refractivity contribution in [2.24, 2.45) is 0 Å². The van der Waals surface area contributed by atoms with E-state index in [1.807, 2.05) is 0 Å². The number of aryl methyl sites for hydroxylation is 2. The van der Waals surface area contributed by atoms with Gasteiger partial charge >= 0.3 is 6.18 Å². The summed E-state index contributed by atoms with van der Waals surface area (Å²) in [5.74, 6) is -0.0969. The summed E-state index contributed by atoms with van der Waals surface area (Å²) < 4.78 is 41.9. The molecule has 0 aliphatic rings. The third-order valence-electron chi connectivity index (χ3n) is 2.16. The Morgan fingerprint density at radius 2 is 2.00 bits per heavy atom. The molecule has 2 aromatic heterocycles. The maximum absolute atomic E-state index is 12.4. The monoisotopic (exact) mass is 241 g/mol. The van der Waals surface area contributed by atoms with E-state index in [9.17, 15) is 13.2 Å². The van der Waals surface area contributed by atoms with Crippen molar-refractivity contribution >= 4 is 0 Å². The summed E-state index contributed by atoms with van der Waals surface area (Å²) in [7, 11) is 0. The Bertz CT molecular complexity index is 546. The van der Waals surface area contributed by atoms with Gasteiger partial charge in [0.25, 0.3) is 0 Å². The van der Waals surface area contributed by atoms with E-state index in [0.29, 0.717) is 23.1 Å². The van der Waals surface area contributed by atoms with Crippen LogP contribution < -0.4 is 0 Å². The number of alkyl halides is 3. The number of aromatic nitrogens is 2. The number of halogens is 3. The van der Waals surface area contributed by atoms with Gasteiger partial charge < -0.3 is 4.42 Å². The van der Waals surface area contributed by atoms with Crippen LogP contribution in [0.5, 0.6) is 0 Å². The summed E-state index contributed by atoms with van der Waals surface area (Å²) >= 11 is 0. The lowest BCUT2D eigenvalue weighted by Gasteiger charge is -2.01. The van der Waals surface area contributed by atoms with Crippen LogP contribution in [0.4, 0.5) is 13.2 Å². The van der Waals surface area contributed by atoms with Crippen molar-refractivity contribution < 1.29 is 17.6 Å². The SMILES string of the molecule is Cc1[c]c(-c2nc(C(F)(F)F)co2)c(C)cn1. The number of hydrogen-bond acceptors (Lipinski definition) is 3. The quantitative estimate of drug-likeness (QED) is 0.769. The van der Waals surface area contributed by atoms with Crippen molar-refractivity contribution in [2.75, 3.05) is 0 Å². The van der Waals surface area contributed by atoms with E-state index in [2.05, 4.69) is 16.0 Å². The Labute approximate surface area is 95.3 Å². The minimum Gasteiger partial charge on any atom is -0.444 e. The van der Waals surface area contributed by atoms with Gasteiger partial charge in [-0.1, -0.05) is 0 Å². The summed E-state index contributed by atoms with van der Waals surface area (Å²) in [5.41, 5.74) is 0.575. The van der Waals surface area contributed by atoms with Gasteiger partial charge in [-0.3, -0.25) is 4.98 Å². The van der Waals surface area contributed by atoms with Crippen LogP contribution in [0.2, 0.25) is 0 Å². The van der Waals surface area contributed by atoms with Crippen LogP contribution in [0.25, 0.3) is 11.5 Å². The lowest BCUT2D eigenvalue weighted by molar-refractivity contribution is -0.141. The number of oxazole rings is 1. The largest absolute Gasteiger partial charge is 0.444 e. The van der Waals surface area contributed by atoms with Gasteiger partial charge in [-0.25, -0.2) is 4.98 Å².